The maximum atomic E-state index is 13.1. The Morgan fingerprint density at radius 2 is 1.84 bits per heavy atom. The Labute approximate surface area is 186 Å². The highest BCUT2D eigenvalue weighted by Crippen LogP contribution is 2.41. The summed E-state index contributed by atoms with van der Waals surface area (Å²) in [5.74, 6) is 0.153. The molecular weight excluding hydrogens is 412 g/mol. The van der Waals surface area contributed by atoms with Crippen molar-refractivity contribution in [2.75, 3.05) is 40.6 Å². The number of aliphatic hydroxyl groups is 1. The van der Waals surface area contributed by atoms with Gasteiger partial charge >= 0.3 is 0 Å². The molecule has 0 bridgehead atoms. The van der Waals surface area contributed by atoms with Crippen LogP contribution in [0.1, 0.15) is 24.1 Å². The van der Waals surface area contributed by atoms with E-state index >= 15 is 0 Å². The van der Waals surface area contributed by atoms with E-state index < -0.39 is 17.7 Å². The molecule has 32 heavy (non-hydrogen) atoms. The Balaban J connectivity index is 1.79. The fourth-order valence-corrected chi connectivity index (χ4v) is 3.88. The van der Waals surface area contributed by atoms with Crippen molar-refractivity contribution in [2.24, 2.45) is 0 Å². The standard InChI is InChI=1S/C24H26N2O6/c1-4-30-17-8-5-15(6-9-17)21-20(23(28)24(29)26(21)12-11-25(2)3)22(27)16-7-10-18-19(13-16)32-14-31-18/h5-10,13,21,27H,4,11-12,14H2,1-3H3. The van der Waals surface area contributed by atoms with E-state index in [-0.39, 0.29) is 18.1 Å². The maximum Gasteiger partial charge on any atom is 0.295 e. The average Bonchev–Trinajstić information content (AvgIpc) is 3.35. The molecule has 0 aliphatic carbocycles. The highest BCUT2D eigenvalue weighted by Gasteiger charge is 2.46. The van der Waals surface area contributed by atoms with Crippen molar-refractivity contribution in [1.82, 2.24) is 9.80 Å². The molecule has 1 atom stereocenters. The van der Waals surface area contributed by atoms with Crippen LogP contribution < -0.4 is 14.2 Å². The minimum absolute atomic E-state index is 0.0526. The Kier molecular flexibility index (Phi) is 6.05. The fraction of sp³-hybridized carbons (Fsp3) is 0.333. The monoisotopic (exact) mass is 438 g/mol. The normalized spacial score (nSPS) is 19.1. The molecule has 168 valence electrons. The van der Waals surface area contributed by atoms with Crippen LogP contribution in [0, 0.1) is 0 Å². The summed E-state index contributed by atoms with van der Waals surface area (Å²) in [6, 6.07) is 11.4. The molecule has 2 aliphatic rings. The van der Waals surface area contributed by atoms with Gasteiger partial charge in [-0.05, 0) is 56.9 Å². The van der Waals surface area contributed by atoms with Gasteiger partial charge in [-0.25, -0.2) is 0 Å². The first-order valence-electron chi connectivity index (χ1n) is 10.5. The van der Waals surface area contributed by atoms with Gasteiger partial charge in [-0.1, -0.05) is 12.1 Å². The summed E-state index contributed by atoms with van der Waals surface area (Å²) in [5, 5.41) is 11.2. The van der Waals surface area contributed by atoms with Crippen LogP contribution in [-0.2, 0) is 9.59 Å². The first kappa shape index (κ1) is 21.7. The largest absolute Gasteiger partial charge is 0.507 e. The molecule has 2 aromatic carbocycles. The summed E-state index contributed by atoms with van der Waals surface area (Å²) in [5.41, 5.74) is 1.15. The number of likely N-dealkylation sites (N-methyl/N-ethyl adjacent to an activating group) is 1. The molecule has 8 nitrogen and oxygen atoms in total. The van der Waals surface area contributed by atoms with E-state index in [2.05, 4.69) is 0 Å². The first-order chi connectivity index (χ1) is 15.4. The SMILES string of the molecule is CCOc1ccc(C2C(=C(O)c3ccc4c(c3)OCO4)C(=O)C(=O)N2CCN(C)C)cc1. The number of carbonyl (C=O) groups excluding carboxylic acids is 2. The molecule has 1 N–H and O–H groups in total. The van der Waals surface area contributed by atoms with Crippen LogP contribution in [0.15, 0.2) is 48.0 Å². The van der Waals surface area contributed by atoms with Crippen LogP contribution in [-0.4, -0.2) is 67.2 Å². The Morgan fingerprint density at radius 1 is 1.12 bits per heavy atom. The predicted octanol–water partition coefficient (Wildman–Crippen LogP) is 2.80. The van der Waals surface area contributed by atoms with Crippen molar-refractivity contribution in [3.63, 3.8) is 0 Å². The Bertz CT molecular complexity index is 1060. The van der Waals surface area contributed by atoms with Crippen LogP contribution >= 0.6 is 0 Å². The van der Waals surface area contributed by atoms with Gasteiger partial charge in [0.1, 0.15) is 11.5 Å². The van der Waals surface area contributed by atoms with Crippen molar-refractivity contribution < 1.29 is 28.9 Å². The van der Waals surface area contributed by atoms with Crippen LogP contribution in [0.3, 0.4) is 0 Å². The third-order valence-corrected chi connectivity index (χ3v) is 5.48. The minimum atomic E-state index is -0.712. The smallest absolute Gasteiger partial charge is 0.295 e. The van der Waals surface area contributed by atoms with Crippen LogP contribution in [0.4, 0.5) is 0 Å². The lowest BCUT2D eigenvalue weighted by atomic mass is 9.95. The van der Waals surface area contributed by atoms with Gasteiger partial charge in [0.25, 0.3) is 11.7 Å². The summed E-state index contributed by atoms with van der Waals surface area (Å²) in [6.45, 7) is 3.44. The lowest BCUT2D eigenvalue weighted by molar-refractivity contribution is -0.140. The maximum absolute atomic E-state index is 13.1. The molecule has 2 aromatic rings. The quantitative estimate of drug-likeness (QED) is 0.404. The Morgan fingerprint density at radius 3 is 2.53 bits per heavy atom. The van der Waals surface area contributed by atoms with Gasteiger partial charge in [0.05, 0.1) is 18.2 Å². The summed E-state index contributed by atoms with van der Waals surface area (Å²) >= 11 is 0. The van der Waals surface area contributed by atoms with Gasteiger partial charge in [-0.15, -0.1) is 0 Å². The average molecular weight is 438 g/mol. The van der Waals surface area contributed by atoms with E-state index in [9.17, 15) is 14.7 Å². The number of hydrogen-bond acceptors (Lipinski definition) is 7. The number of Topliss-reactive ketones (excluding diaryl/α,β-unsaturated/α-hetero) is 1. The predicted molar refractivity (Wildman–Crippen MR) is 118 cm³/mol. The summed E-state index contributed by atoms with van der Waals surface area (Å²) in [6.07, 6.45) is 0. The first-order valence-corrected chi connectivity index (χ1v) is 10.5. The highest BCUT2D eigenvalue weighted by molar-refractivity contribution is 6.46. The molecule has 0 radical (unpaired) electrons. The number of ether oxygens (including phenoxy) is 3. The van der Waals surface area contributed by atoms with Gasteiger partial charge in [0, 0.05) is 18.7 Å². The highest BCUT2D eigenvalue weighted by atomic mass is 16.7. The van der Waals surface area contributed by atoms with Gasteiger partial charge < -0.3 is 29.1 Å². The van der Waals surface area contributed by atoms with E-state index in [0.717, 1.165) is 0 Å². The molecule has 0 aromatic heterocycles. The molecule has 2 heterocycles. The molecular formula is C24H26N2O6. The molecule has 0 spiro atoms. The molecule has 1 fully saturated rings. The molecule has 1 saturated heterocycles. The number of aliphatic hydroxyl groups excluding tert-OH is 1. The van der Waals surface area contributed by atoms with E-state index in [0.29, 0.717) is 48.1 Å². The molecule has 2 aliphatic heterocycles. The Hall–Kier alpha value is -3.52. The van der Waals surface area contributed by atoms with Crippen LogP contribution in [0.5, 0.6) is 17.2 Å². The fourth-order valence-electron chi connectivity index (χ4n) is 3.88. The number of likely N-dealkylation sites (tertiary alicyclic amines) is 1. The zero-order valence-corrected chi connectivity index (χ0v) is 18.3. The summed E-state index contributed by atoms with van der Waals surface area (Å²) in [7, 11) is 3.80. The third kappa shape index (κ3) is 4.01. The van der Waals surface area contributed by atoms with E-state index in [1.807, 2.05) is 38.1 Å². The number of ketones is 1. The number of benzene rings is 2. The van der Waals surface area contributed by atoms with Gasteiger partial charge in [-0.2, -0.15) is 0 Å². The molecule has 1 amide bonds. The second-order valence-electron chi connectivity index (χ2n) is 7.87. The van der Waals surface area contributed by atoms with Crippen molar-refractivity contribution in [3.8, 4) is 17.2 Å². The van der Waals surface area contributed by atoms with E-state index in [1.54, 1.807) is 30.3 Å². The number of fused-ring (bicyclic) bond motifs is 1. The van der Waals surface area contributed by atoms with Crippen molar-refractivity contribution >= 4 is 17.4 Å². The molecule has 1 unspecified atom stereocenters. The summed E-state index contributed by atoms with van der Waals surface area (Å²) < 4.78 is 16.2. The second-order valence-corrected chi connectivity index (χ2v) is 7.87. The molecule has 8 heteroatoms. The number of nitrogens with zero attached hydrogens (tertiary/aromatic N) is 2. The van der Waals surface area contributed by atoms with Gasteiger partial charge in [-0.3, -0.25) is 9.59 Å². The molecule has 4 rings (SSSR count). The number of amides is 1. The van der Waals surface area contributed by atoms with Gasteiger partial charge in [0.15, 0.2) is 11.5 Å². The van der Waals surface area contributed by atoms with E-state index in [1.165, 1.54) is 4.90 Å². The zero-order valence-electron chi connectivity index (χ0n) is 18.3. The van der Waals surface area contributed by atoms with Crippen molar-refractivity contribution in [3.05, 3.63) is 59.2 Å². The second kappa shape index (κ2) is 8.92. The zero-order chi connectivity index (χ0) is 22.8. The number of hydrogen-bond donors (Lipinski definition) is 1. The summed E-state index contributed by atoms with van der Waals surface area (Å²) in [4.78, 5) is 29.5. The lowest BCUT2D eigenvalue weighted by Crippen LogP contribution is -2.35. The van der Waals surface area contributed by atoms with Crippen LogP contribution in [0.2, 0.25) is 0 Å². The third-order valence-electron chi connectivity index (χ3n) is 5.48. The van der Waals surface area contributed by atoms with Gasteiger partial charge in [0.2, 0.25) is 6.79 Å². The topological polar surface area (TPSA) is 88.5 Å². The minimum Gasteiger partial charge on any atom is -0.507 e. The van der Waals surface area contributed by atoms with Crippen LogP contribution in [0.25, 0.3) is 5.76 Å². The number of rotatable bonds is 7. The molecule has 0 saturated carbocycles. The van der Waals surface area contributed by atoms with E-state index in [4.69, 9.17) is 14.2 Å². The van der Waals surface area contributed by atoms with Crippen molar-refractivity contribution in [2.45, 2.75) is 13.0 Å². The number of carbonyl (C=O) groups is 2. The van der Waals surface area contributed by atoms with Crippen molar-refractivity contribution in [1.29, 1.82) is 0 Å². The lowest BCUT2D eigenvalue weighted by Gasteiger charge is -2.26.